The first kappa shape index (κ1) is 17.9. The number of carbonyl (C=O) groups excluding carboxylic acids is 1. The van der Waals surface area contributed by atoms with Crippen LogP contribution in [0.5, 0.6) is 0 Å². The van der Waals surface area contributed by atoms with Gasteiger partial charge in [0, 0.05) is 18.2 Å². The van der Waals surface area contributed by atoms with Crippen molar-refractivity contribution in [3.63, 3.8) is 0 Å². The predicted molar refractivity (Wildman–Crippen MR) is 82.1 cm³/mol. The molecule has 3 saturated heterocycles. The Morgan fingerprint density at radius 1 is 1.04 bits per heavy atom. The van der Waals surface area contributed by atoms with Crippen LogP contribution in [0, 0.1) is 11.7 Å². The molecule has 0 spiro atoms. The van der Waals surface area contributed by atoms with E-state index < -0.39 is 11.9 Å². The van der Waals surface area contributed by atoms with E-state index in [9.17, 15) is 9.18 Å². The highest BCUT2D eigenvalue weighted by atomic mass is 19.1. The summed E-state index contributed by atoms with van der Waals surface area (Å²) in [6.07, 6.45) is 2.35. The largest absolute Gasteiger partial charge is 0.473 e. The van der Waals surface area contributed by atoms with Gasteiger partial charge in [-0.15, -0.1) is 0 Å². The van der Waals surface area contributed by atoms with Crippen molar-refractivity contribution < 1.29 is 29.0 Å². The highest BCUT2D eigenvalue weighted by Crippen LogP contribution is 2.27. The van der Waals surface area contributed by atoms with Gasteiger partial charge in [-0.25, -0.2) is 14.0 Å². The molecule has 3 aliphatic rings. The molecule has 24 heavy (non-hydrogen) atoms. The summed E-state index contributed by atoms with van der Waals surface area (Å²) in [5.74, 6) is -3.44. The van der Waals surface area contributed by atoms with E-state index in [1.165, 1.54) is 37.1 Å². The zero-order valence-electron chi connectivity index (χ0n) is 12.9. The van der Waals surface area contributed by atoms with Gasteiger partial charge in [-0.05, 0) is 56.1 Å². The second-order valence-electron chi connectivity index (χ2n) is 5.84. The zero-order chi connectivity index (χ0) is 17.7. The summed E-state index contributed by atoms with van der Waals surface area (Å²) in [6.45, 7) is 3.28. The van der Waals surface area contributed by atoms with Gasteiger partial charge >= 0.3 is 11.9 Å². The van der Waals surface area contributed by atoms with Crippen LogP contribution in [-0.2, 0) is 9.59 Å². The van der Waals surface area contributed by atoms with E-state index in [0.717, 1.165) is 19.6 Å². The topological polar surface area (TPSA) is 107 Å². The summed E-state index contributed by atoms with van der Waals surface area (Å²) in [5, 5.41) is 17.9. The van der Waals surface area contributed by atoms with Crippen LogP contribution >= 0.6 is 0 Å². The normalized spacial score (nSPS) is 24.5. The third-order valence-electron chi connectivity index (χ3n) is 4.26. The molecule has 0 aromatic heterocycles. The maximum absolute atomic E-state index is 12.8. The second-order valence-corrected chi connectivity index (χ2v) is 5.84. The van der Waals surface area contributed by atoms with Crippen LogP contribution in [0.4, 0.5) is 4.39 Å². The van der Waals surface area contributed by atoms with Gasteiger partial charge in [0.25, 0.3) is 5.91 Å². The van der Waals surface area contributed by atoms with Crippen molar-refractivity contribution in [2.75, 3.05) is 19.6 Å². The maximum Gasteiger partial charge on any atom is 0.414 e. The highest BCUT2D eigenvalue weighted by molar-refractivity contribution is 6.27. The van der Waals surface area contributed by atoms with Crippen molar-refractivity contribution in [3.05, 3.63) is 35.6 Å². The van der Waals surface area contributed by atoms with Gasteiger partial charge < -0.3 is 20.4 Å². The first-order chi connectivity index (χ1) is 11.4. The Morgan fingerprint density at radius 3 is 2.00 bits per heavy atom. The Kier molecular flexibility index (Phi) is 5.86. The Bertz CT molecular complexity index is 599. The average molecular weight is 338 g/mol. The molecule has 0 aliphatic carbocycles. The Balaban J connectivity index is 0.000000301. The molecule has 3 heterocycles. The molecule has 7 nitrogen and oxygen atoms in total. The van der Waals surface area contributed by atoms with Gasteiger partial charge in [0.15, 0.2) is 0 Å². The van der Waals surface area contributed by atoms with Crippen LogP contribution in [0.3, 0.4) is 0 Å². The van der Waals surface area contributed by atoms with Crippen molar-refractivity contribution in [2.24, 2.45) is 5.92 Å². The summed E-state index contributed by atoms with van der Waals surface area (Å²) < 4.78 is 12.8. The van der Waals surface area contributed by atoms with Gasteiger partial charge in [-0.3, -0.25) is 4.79 Å². The molecule has 1 aromatic rings. The van der Waals surface area contributed by atoms with E-state index in [0.29, 0.717) is 11.5 Å². The molecule has 130 valence electrons. The minimum atomic E-state index is -1.82. The predicted octanol–water partition coefficient (Wildman–Crippen LogP) is 0.805. The fourth-order valence-electron chi connectivity index (χ4n) is 2.98. The third kappa shape index (κ3) is 4.76. The molecule has 3 N–H and O–H groups in total. The van der Waals surface area contributed by atoms with E-state index in [2.05, 4.69) is 10.2 Å². The van der Waals surface area contributed by atoms with E-state index in [4.69, 9.17) is 19.8 Å². The molecule has 3 fully saturated rings. The highest BCUT2D eigenvalue weighted by Gasteiger charge is 2.34. The van der Waals surface area contributed by atoms with Crippen LogP contribution in [0.2, 0.25) is 0 Å². The molecular weight excluding hydrogens is 319 g/mol. The van der Waals surface area contributed by atoms with Gasteiger partial charge in [-0.1, -0.05) is 0 Å². The number of halogens is 1. The summed E-state index contributed by atoms with van der Waals surface area (Å²) in [6, 6.07) is 5.97. The maximum atomic E-state index is 12.8. The van der Waals surface area contributed by atoms with E-state index in [1.54, 1.807) is 0 Å². The Labute approximate surface area is 138 Å². The lowest BCUT2D eigenvalue weighted by atomic mass is 9.84. The third-order valence-corrected chi connectivity index (χ3v) is 4.26. The van der Waals surface area contributed by atoms with Crippen LogP contribution in [0.1, 0.15) is 23.2 Å². The quantitative estimate of drug-likeness (QED) is 0.689. The lowest BCUT2D eigenvalue weighted by molar-refractivity contribution is -0.159. The molecule has 1 amide bonds. The van der Waals surface area contributed by atoms with Crippen molar-refractivity contribution in [1.29, 1.82) is 0 Å². The number of piperidine rings is 3. The smallest absolute Gasteiger partial charge is 0.414 e. The van der Waals surface area contributed by atoms with Crippen molar-refractivity contribution >= 4 is 17.8 Å². The molecule has 1 unspecified atom stereocenters. The number of rotatable bonds is 2. The molecular formula is C16H19FN2O5. The first-order valence-corrected chi connectivity index (χ1v) is 7.62. The monoisotopic (exact) mass is 338 g/mol. The van der Waals surface area contributed by atoms with E-state index in [1.807, 2.05) is 0 Å². The minimum Gasteiger partial charge on any atom is -0.473 e. The summed E-state index contributed by atoms with van der Waals surface area (Å²) in [4.78, 5) is 32.6. The van der Waals surface area contributed by atoms with Crippen LogP contribution in [-0.4, -0.2) is 58.6 Å². The Hall–Kier alpha value is -2.48. The molecule has 0 radical (unpaired) electrons. The molecule has 0 saturated carbocycles. The van der Waals surface area contributed by atoms with Crippen molar-refractivity contribution in [2.45, 2.75) is 18.9 Å². The fourth-order valence-corrected chi connectivity index (χ4v) is 2.98. The summed E-state index contributed by atoms with van der Waals surface area (Å²) in [7, 11) is 0. The SMILES string of the molecule is O=C(NC1CN2CCC1CC2)c1ccc(F)cc1.O=C(O)C(=O)O. The number of carboxylic acid groups (broad SMARTS) is 2. The molecule has 3 aliphatic heterocycles. The second kappa shape index (κ2) is 7.87. The number of nitrogens with zero attached hydrogens (tertiary/aromatic N) is 1. The van der Waals surface area contributed by atoms with Gasteiger partial charge in [0.05, 0.1) is 0 Å². The zero-order valence-corrected chi connectivity index (χ0v) is 12.9. The minimum absolute atomic E-state index is 0.0891. The molecule has 1 atom stereocenters. The van der Waals surface area contributed by atoms with Crippen molar-refractivity contribution in [1.82, 2.24) is 10.2 Å². The average Bonchev–Trinajstić information content (AvgIpc) is 2.57. The summed E-state index contributed by atoms with van der Waals surface area (Å²) >= 11 is 0. The van der Waals surface area contributed by atoms with Gasteiger partial charge in [0.1, 0.15) is 5.82 Å². The number of nitrogens with one attached hydrogen (secondary N) is 1. The fraction of sp³-hybridized carbons (Fsp3) is 0.438. The first-order valence-electron chi connectivity index (χ1n) is 7.62. The number of amides is 1. The lowest BCUT2D eigenvalue weighted by Gasteiger charge is -2.44. The number of carbonyl (C=O) groups is 3. The molecule has 1 aromatic carbocycles. The molecule has 2 bridgehead atoms. The Morgan fingerprint density at radius 2 is 1.58 bits per heavy atom. The lowest BCUT2D eigenvalue weighted by Crippen LogP contribution is -2.57. The van der Waals surface area contributed by atoms with E-state index in [-0.39, 0.29) is 17.8 Å². The number of benzene rings is 1. The van der Waals surface area contributed by atoms with Crippen LogP contribution < -0.4 is 5.32 Å². The van der Waals surface area contributed by atoms with Crippen molar-refractivity contribution in [3.8, 4) is 0 Å². The number of hydrogen-bond donors (Lipinski definition) is 3. The van der Waals surface area contributed by atoms with E-state index >= 15 is 0 Å². The summed E-state index contributed by atoms with van der Waals surface area (Å²) in [5.41, 5.74) is 0.535. The van der Waals surface area contributed by atoms with Gasteiger partial charge in [0.2, 0.25) is 0 Å². The molecule has 8 heteroatoms. The van der Waals surface area contributed by atoms with Crippen LogP contribution in [0.15, 0.2) is 24.3 Å². The number of hydrogen-bond acceptors (Lipinski definition) is 4. The number of fused-ring (bicyclic) bond motifs is 3. The number of aliphatic carboxylic acids is 2. The standard InChI is InChI=1S/C14H17FN2O.C2H2O4/c15-12-3-1-11(2-4-12)14(18)16-13-9-17-7-5-10(13)6-8-17;3-1(4)2(5)6/h1-4,10,13H,5-9H2,(H,16,18);(H,3,4)(H,5,6). The molecule has 4 rings (SSSR count). The number of carboxylic acids is 2. The van der Waals surface area contributed by atoms with Gasteiger partial charge in [-0.2, -0.15) is 0 Å². The van der Waals surface area contributed by atoms with Crippen LogP contribution in [0.25, 0.3) is 0 Å².